The summed E-state index contributed by atoms with van der Waals surface area (Å²) in [5, 5.41) is 10.00. The number of carboxylic acid groups (broad SMARTS) is 1. The van der Waals surface area contributed by atoms with Gasteiger partial charge in [-0.05, 0) is 18.6 Å². The molecule has 1 saturated heterocycles. The standard InChI is InChI=1S/C17H17N5O3S/c1-3-10-5-21(6-10)12-4-9(2)13-14(23)11(16(24)25)7-22(15(13)20-12)17-18-8-19-26-17/h3-4,8,10-11H,1,5-7H2,2H3,(H,24,25). The number of aryl methyl sites for hydroxylation is 1. The lowest BCUT2D eigenvalue weighted by molar-refractivity contribution is -0.139. The van der Waals surface area contributed by atoms with E-state index in [2.05, 4.69) is 25.8 Å². The first kappa shape index (κ1) is 16.6. The van der Waals surface area contributed by atoms with Gasteiger partial charge in [0.1, 0.15) is 23.9 Å². The van der Waals surface area contributed by atoms with Crippen LogP contribution in [0.3, 0.4) is 0 Å². The molecule has 0 amide bonds. The summed E-state index contributed by atoms with van der Waals surface area (Å²) in [6, 6.07) is 1.85. The number of hydrogen-bond donors (Lipinski definition) is 1. The van der Waals surface area contributed by atoms with Crippen LogP contribution in [0.4, 0.5) is 16.8 Å². The number of fused-ring (bicyclic) bond motifs is 1. The van der Waals surface area contributed by atoms with Crippen molar-refractivity contribution >= 4 is 40.1 Å². The Morgan fingerprint density at radius 2 is 2.19 bits per heavy atom. The molecule has 0 radical (unpaired) electrons. The monoisotopic (exact) mass is 371 g/mol. The average Bonchev–Trinajstić information content (AvgIpc) is 3.07. The van der Waals surface area contributed by atoms with Crippen molar-refractivity contribution in [1.29, 1.82) is 0 Å². The molecule has 4 rings (SSSR count). The fraction of sp³-hybridized carbons (Fsp3) is 0.353. The van der Waals surface area contributed by atoms with Gasteiger partial charge in [-0.3, -0.25) is 14.5 Å². The Hall–Kier alpha value is -2.81. The Balaban J connectivity index is 1.81. The van der Waals surface area contributed by atoms with Crippen molar-refractivity contribution < 1.29 is 14.7 Å². The number of hydrogen-bond acceptors (Lipinski definition) is 8. The quantitative estimate of drug-likeness (QED) is 0.643. The summed E-state index contributed by atoms with van der Waals surface area (Å²) in [5.41, 5.74) is 1.07. The van der Waals surface area contributed by atoms with Gasteiger partial charge in [0.15, 0.2) is 5.78 Å². The molecule has 2 aromatic heterocycles. The van der Waals surface area contributed by atoms with Gasteiger partial charge in [0.2, 0.25) is 5.13 Å². The van der Waals surface area contributed by atoms with Crippen molar-refractivity contribution in [2.24, 2.45) is 11.8 Å². The summed E-state index contributed by atoms with van der Waals surface area (Å²) in [7, 11) is 0. The van der Waals surface area contributed by atoms with Gasteiger partial charge in [-0.15, -0.1) is 6.58 Å². The second-order valence-corrected chi connectivity index (χ2v) is 7.24. The number of nitrogens with zero attached hydrogens (tertiary/aromatic N) is 5. The van der Waals surface area contributed by atoms with Crippen LogP contribution < -0.4 is 9.80 Å². The van der Waals surface area contributed by atoms with Gasteiger partial charge in [-0.1, -0.05) is 6.08 Å². The van der Waals surface area contributed by atoms with Gasteiger partial charge >= 0.3 is 5.97 Å². The maximum absolute atomic E-state index is 12.8. The summed E-state index contributed by atoms with van der Waals surface area (Å²) >= 11 is 1.15. The van der Waals surface area contributed by atoms with E-state index >= 15 is 0 Å². The number of Topliss-reactive ketones (excluding diaryl/α,β-unsaturated/α-hetero) is 1. The van der Waals surface area contributed by atoms with E-state index in [0.29, 0.717) is 22.4 Å². The minimum Gasteiger partial charge on any atom is -0.481 e. The van der Waals surface area contributed by atoms with E-state index in [4.69, 9.17) is 0 Å². The molecule has 0 saturated carbocycles. The molecule has 9 heteroatoms. The first-order valence-electron chi connectivity index (χ1n) is 8.20. The number of carbonyl (C=O) groups is 2. The minimum atomic E-state index is -1.15. The smallest absolute Gasteiger partial charge is 0.316 e. The van der Waals surface area contributed by atoms with Crippen LogP contribution in [0.25, 0.3) is 0 Å². The molecular formula is C17H17N5O3S. The average molecular weight is 371 g/mol. The molecular weight excluding hydrogens is 354 g/mol. The van der Waals surface area contributed by atoms with Gasteiger partial charge in [-0.25, -0.2) is 9.97 Å². The third kappa shape index (κ3) is 2.55. The minimum absolute atomic E-state index is 0.00152. The third-order valence-corrected chi connectivity index (χ3v) is 5.50. The molecule has 2 aromatic rings. The van der Waals surface area contributed by atoms with E-state index in [1.807, 2.05) is 19.1 Å². The van der Waals surface area contributed by atoms with Crippen molar-refractivity contribution in [3.05, 3.63) is 36.2 Å². The number of carbonyl (C=O) groups excluding carboxylic acids is 1. The molecule has 2 aliphatic rings. The van der Waals surface area contributed by atoms with Crippen LogP contribution in [0.2, 0.25) is 0 Å². The largest absolute Gasteiger partial charge is 0.481 e. The lowest BCUT2D eigenvalue weighted by Gasteiger charge is -2.40. The Kier molecular flexibility index (Phi) is 3.95. The normalized spacial score (nSPS) is 19.9. The summed E-state index contributed by atoms with van der Waals surface area (Å²) in [6.07, 6.45) is 3.34. The number of ketones is 1. The first-order valence-corrected chi connectivity index (χ1v) is 8.97. The first-order chi connectivity index (χ1) is 12.5. The second-order valence-electron chi connectivity index (χ2n) is 6.49. The zero-order valence-electron chi connectivity index (χ0n) is 14.1. The summed E-state index contributed by atoms with van der Waals surface area (Å²) in [5.74, 6) is -1.03. The molecule has 26 heavy (non-hydrogen) atoms. The van der Waals surface area contributed by atoms with Gasteiger partial charge in [-0.2, -0.15) is 4.37 Å². The predicted octanol–water partition coefficient (Wildman–Crippen LogP) is 1.90. The van der Waals surface area contributed by atoms with Crippen molar-refractivity contribution in [3.63, 3.8) is 0 Å². The number of rotatable bonds is 4. The molecule has 0 bridgehead atoms. The predicted molar refractivity (Wildman–Crippen MR) is 97.2 cm³/mol. The highest BCUT2D eigenvalue weighted by Crippen LogP contribution is 2.38. The highest BCUT2D eigenvalue weighted by atomic mass is 32.1. The lowest BCUT2D eigenvalue weighted by Crippen LogP contribution is -2.47. The van der Waals surface area contributed by atoms with Crippen LogP contribution in [0, 0.1) is 18.8 Å². The Bertz CT molecular complexity index is 892. The topological polar surface area (TPSA) is 99.5 Å². The summed E-state index contributed by atoms with van der Waals surface area (Å²) in [6.45, 7) is 7.29. The van der Waals surface area contributed by atoms with Crippen LogP contribution >= 0.6 is 11.5 Å². The van der Waals surface area contributed by atoms with Crippen LogP contribution in [0.5, 0.6) is 0 Å². The van der Waals surface area contributed by atoms with Crippen LogP contribution in [-0.2, 0) is 4.79 Å². The van der Waals surface area contributed by atoms with E-state index < -0.39 is 17.7 Å². The van der Waals surface area contributed by atoms with Crippen molar-refractivity contribution in [3.8, 4) is 0 Å². The molecule has 2 aliphatic heterocycles. The Morgan fingerprint density at radius 1 is 1.42 bits per heavy atom. The van der Waals surface area contributed by atoms with Gasteiger partial charge in [0, 0.05) is 37.1 Å². The molecule has 0 aliphatic carbocycles. The maximum atomic E-state index is 12.8. The van der Waals surface area contributed by atoms with E-state index in [0.717, 1.165) is 36.0 Å². The fourth-order valence-electron chi connectivity index (χ4n) is 3.32. The molecule has 134 valence electrons. The van der Waals surface area contributed by atoms with Crippen molar-refractivity contribution in [2.75, 3.05) is 29.4 Å². The van der Waals surface area contributed by atoms with Crippen molar-refractivity contribution in [1.82, 2.24) is 14.3 Å². The Labute approximate surface area is 154 Å². The third-order valence-electron chi connectivity index (χ3n) is 4.81. The fourth-order valence-corrected chi connectivity index (χ4v) is 3.86. The SMILES string of the molecule is C=CC1CN(c2cc(C)c3c(n2)N(c2ncns2)CC(C(=O)O)C3=O)C1. The zero-order chi connectivity index (χ0) is 18.4. The van der Waals surface area contributed by atoms with E-state index in [-0.39, 0.29) is 6.54 Å². The Morgan fingerprint density at radius 3 is 2.81 bits per heavy atom. The molecule has 0 spiro atoms. The van der Waals surface area contributed by atoms with Crippen LogP contribution in [-0.4, -0.2) is 50.8 Å². The van der Waals surface area contributed by atoms with Gasteiger partial charge < -0.3 is 10.0 Å². The molecule has 1 atom stereocenters. The van der Waals surface area contributed by atoms with Crippen molar-refractivity contribution in [2.45, 2.75) is 6.92 Å². The molecule has 4 heterocycles. The number of anilines is 3. The summed E-state index contributed by atoms with van der Waals surface area (Å²) < 4.78 is 3.99. The molecule has 1 N–H and O–H groups in total. The number of carboxylic acids is 1. The van der Waals surface area contributed by atoms with E-state index in [9.17, 15) is 14.7 Å². The van der Waals surface area contributed by atoms with E-state index in [1.54, 1.807) is 4.90 Å². The van der Waals surface area contributed by atoms with Gasteiger partial charge in [0.05, 0.1) is 5.56 Å². The number of aliphatic carboxylic acids is 1. The second kappa shape index (κ2) is 6.17. The zero-order valence-corrected chi connectivity index (χ0v) is 14.9. The van der Waals surface area contributed by atoms with E-state index in [1.165, 1.54) is 6.33 Å². The number of pyridine rings is 1. The molecule has 8 nitrogen and oxygen atoms in total. The number of aromatic nitrogens is 3. The molecule has 1 fully saturated rings. The highest BCUT2D eigenvalue weighted by molar-refractivity contribution is 7.09. The molecule has 0 aromatic carbocycles. The summed E-state index contributed by atoms with van der Waals surface area (Å²) in [4.78, 5) is 37.0. The lowest BCUT2D eigenvalue weighted by atomic mass is 9.90. The van der Waals surface area contributed by atoms with Gasteiger partial charge in [0.25, 0.3) is 0 Å². The highest BCUT2D eigenvalue weighted by Gasteiger charge is 2.41. The van der Waals surface area contributed by atoms with Crippen LogP contribution in [0.1, 0.15) is 15.9 Å². The maximum Gasteiger partial charge on any atom is 0.316 e. The van der Waals surface area contributed by atoms with Crippen LogP contribution in [0.15, 0.2) is 25.0 Å². The molecule has 1 unspecified atom stereocenters.